The van der Waals surface area contributed by atoms with Gasteiger partial charge in [0, 0.05) is 47.0 Å². The zero-order valence-electron chi connectivity index (χ0n) is 14.9. The number of thiazole rings is 1. The summed E-state index contributed by atoms with van der Waals surface area (Å²) in [7, 11) is 0. The first-order valence-electron chi connectivity index (χ1n) is 8.80. The molecular weight excluding hydrogens is 396 g/mol. The summed E-state index contributed by atoms with van der Waals surface area (Å²) in [6, 6.07) is 8.99. The van der Waals surface area contributed by atoms with E-state index in [1.807, 2.05) is 19.1 Å². The van der Waals surface area contributed by atoms with Gasteiger partial charge in [0.1, 0.15) is 5.69 Å². The van der Waals surface area contributed by atoms with Gasteiger partial charge in [0.25, 0.3) is 11.8 Å². The number of nitrogens with zero attached hydrogens (tertiary/aromatic N) is 4. The van der Waals surface area contributed by atoms with Crippen molar-refractivity contribution in [3.8, 4) is 0 Å². The van der Waals surface area contributed by atoms with Crippen molar-refractivity contribution < 1.29 is 9.59 Å². The standard InChI is InChI=1S/C20H15ClN4O2S/c1-12-23-17(11-28-12)19(27)25-9-8-24-18(26)15-6-7-22-10-16(15)20(24,25)13-2-4-14(21)5-3-13/h2-7,10-11H,8-9H2,1H3. The van der Waals surface area contributed by atoms with Crippen LogP contribution in [0.2, 0.25) is 5.02 Å². The largest absolute Gasteiger partial charge is 0.306 e. The number of hydrogen-bond acceptors (Lipinski definition) is 5. The molecule has 8 heteroatoms. The first-order valence-corrected chi connectivity index (χ1v) is 10.1. The van der Waals surface area contributed by atoms with Crippen LogP contribution in [0.4, 0.5) is 0 Å². The van der Waals surface area contributed by atoms with Gasteiger partial charge in [-0.15, -0.1) is 11.3 Å². The molecular formula is C20H15ClN4O2S. The number of aromatic nitrogens is 2. The Morgan fingerprint density at radius 1 is 1.21 bits per heavy atom. The van der Waals surface area contributed by atoms with E-state index in [-0.39, 0.29) is 11.8 Å². The molecule has 6 nitrogen and oxygen atoms in total. The first kappa shape index (κ1) is 17.3. The summed E-state index contributed by atoms with van der Waals surface area (Å²) in [4.78, 5) is 38.7. The molecule has 1 atom stereocenters. The lowest BCUT2D eigenvalue weighted by Gasteiger charge is -2.40. The molecule has 0 radical (unpaired) electrons. The highest BCUT2D eigenvalue weighted by Gasteiger charge is 2.60. The molecule has 1 unspecified atom stereocenters. The first-order chi connectivity index (χ1) is 13.5. The lowest BCUT2D eigenvalue weighted by Crippen LogP contribution is -2.51. The predicted octanol–water partition coefficient (Wildman–Crippen LogP) is 3.31. The number of halogens is 1. The summed E-state index contributed by atoms with van der Waals surface area (Å²) in [5.41, 5.74) is 1.43. The van der Waals surface area contributed by atoms with Gasteiger partial charge in [0.05, 0.1) is 10.6 Å². The minimum Gasteiger partial charge on any atom is -0.306 e. The molecule has 1 fully saturated rings. The zero-order valence-corrected chi connectivity index (χ0v) is 16.5. The summed E-state index contributed by atoms with van der Waals surface area (Å²) in [6.45, 7) is 2.72. The minimum absolute atomic E-state index is 0.0999. The second-order valence-electron chi connectivity index (χ2n) is 6.77. The number of pyridine rings is 1. The van der Waals surface area contributed by atoms with Crippen molar-refractivity contribution >= 4 is 34.8 Å². The van der Waals surface area contributed by atoms with Crippen molar-refractivity contribution in [1.82, 2.24) is 19.8 Å². The van der Waals surface area contributed by atoms with Crippen LogP contribution in [0.25, 0.3) is 0 Å². The van der Waals surface area contributed by atoms with E-state index in [0.717, 1.165) is 10.6 Å². The van der Waals surface area contributed by atoms with Crippen molar-refractivity contribution in [1.29, 1.82) is 0 Å². The summed E-state index contributed by atoms with van der Waals surface area (Å²) < 4.78 is 0. The fourth-order valence-electron chi connectivity index (χ4n) is 4.21. The summed E-state index contributed by atoms with van der Waals surface area (Å²) in [6.07, 6.45) is 3.28. The quantitative estimate of drug-likeness (QED) is 0.650. The van der Waals surface area contributed by atoms with Gasteiger partial charge in [-0.25, -0.2) is 4.98 Å². The van der Waals surface area contributed by atoms with E-state index >= 15 is 0 Å². The Labute approximate surface area is 170 Å². The smallest absolute Gasteiger partial charge is 0.275 e. The van der Waals surface area contributed by atoms with Gasteiger partial charge in [-0.3, -0.25) is 14.6 Å². The van der Waals surface area contributed by atoms with Crippen LogP contribution in [0.3, 0.4) is 0 Å². The third kappa shape index (κ3) is 2.20. The second-order valence-corrected chi connectivity index (χ2v) is 8.26. The Hall–Kier alpha value is -2.77. The van der Waals surface area contributed by atoms with Gasteiger partial charge >= 0.3 is 0 Å². The molecule has 0 aliphatic carbocycles. The maximum absolute atomic E-state index is 13.5. The van der Waals surface area contributed by atoms with E-state index in [1.54, 1.807) is 45.8 Å². The van der Waals surface area contributed by atoms with E-state index < -0.39 is 5.66 Å². The van der Waals surface area contributed by atoms with Crippen LogP contribution in [0, 0.1) is 6.92 Å². The zero-order chi connectivity index (χ0) is 19.5. The second kappa shape index (κ2) is 6.12. The van der Waals surface area contributed by atoms with E-state index in [1.165, 1.54) is 11.3 Å². The van der Waals surface area contributed by atoms with Crippen molar-refractivity contribution in [2.45, 2.75) is 12.6 Å². The molecule has 2 aromatic heterocycles. The molecule has 1 saturated heterocycles. The topological polar surface area (TPSA) is 66.4 Å². The van der Waals surface area contributed by atoms with Crippen molar-refractivity contribution in [3.05, 3.63) is 80.5 Å². The number of hydrogen-bond donors (Lipinski definition) is 0. The molecule has 140 valence electrons. The highest BCUT2D eigenvalue weighted by atomic mass is 35.5. The Kier molecular flexibility index (Phi) is 3.79. The van der Waals surface area contributed by atoms with Crippen LogP contribution in [0.15, 0.2) is 48.1 Å². The molecule has 1 aromatic carbocycles. The van der Waals surface area contributed by atoms with Crippen LogP contribution < -0.4 is 0 Å². The van der Waals surface area contributed by atoms with Crippen molar-refractivity contribution in [2.24, 2.45) is 0 Å². The molecule has 5 rings (SSSR count). The monoisotopic (exact) mass is 410 g/mol. The maximum Gasteiger partial charge on any atom is 0.275 e. The average Bonchev–Trinajstić information content (AvgIpc) is 3.37. The number of aryl methyl sites for hydroxylation is 1. The Morgan fingerprint density at radius 2 is 2.00 bits per heavy atom. The van der Waals surface area contributed by atoms with Crippen molar-refractivity contribution in [3.63, 3.8) is 0 Å². The molecule has 28 heavy (non-hydrogen) atoms. The fraction of sp³-hybridized carbons (Fsp3) is 0.200. The van der Waals surface area contributed by atoms with Gasteiger partial charge in [0.2, 0.25) is 0 Å². The number of benzene rings is 1. The van der Waals surface area contributed by atoms with Crippen LogP contribution in [0.1, 0.15) is 37.0 Å². The maximum atomic E-state index is 13.5. The molecule has 3 aromatic rings. The molecule has 0 spiro atoms. The van der Waals surface area contributed by atoms with Crippen LogP contribution in [-0.4, -0.2) is 44.7 Å². The van der Waals surface area contributed by atoms with Gasteiger partial charge in [0.15, 0.2) is 5.66 Å². The van der Waals surface area contributed by atoms with Gasteiger partial charge < -0.3 is 9.80 Å². The van der Waals surface area contributed by atoms with Crippen LogP contribution >= 0.6 is 22.9 Å². The molecule has 4 heterocycles. The summed E-state index contributed by atoms with van der Waals surface area (Å²) >= 11 is 7.53. The van der Waals surface area contributed by atoms with Gasteiger partial charge in [-0.1, -0.05) is 23.7 Å². The number of rotatable bonds is 2. The summed E-state index contributed by atoms with van der Waals surface area (Å²) in [5, 5.41) is 3.18. The predicted molar refractivity (Wildman–Crippen MR) is 105 cm³/mol. The van der Waals surface area contributed by atoms with E-state index in [2.05, 4.69) is 9.97 Å². The minimum atomic E-state index is -1.04. The average molecular weight is 411 g/mol. The Bertz CT molecular complexity index is 1110. The number of amides is 2. The van der Waals surface area contributed by atoms with Gasteiger partial charge in [-0.2, -0.15) is 0 Å². The lowest BCUT2D eigenvalue weighted by molar-refractivity contribution is 0.0371. The molecule has 2 aliphatic heterocycles. The number of carbonyl (C=O) groups excluding carboxylic acids is 2. The highest BCUT2D eigenvalue weighted by Crippen LogP contribution is 2.49. The molecule has 0 saturated carbocycles. The van der Waals surface area contributed by atoms with Crippen LogP contribution in [-0.2, 0) is 5.66 Å². The molecule has 0 bridgehead atoms. The lowest BCUT2D eigenvalue weighted by atomic mass is 9.91. The fourth-order valence-corrected chi connectivity index (χ4v) is 4.92. The van der Waals surface area contributed by atoms with E-state index in [4.69, 9.17) is 11.6 Å². The molecule has 0 N–H and O–H groups in total. The van der Waals surface area contributed by atoms with Gasteiger partial charge in [-0.05, 0) is 25.1 Å². The number of carbonyl (C=O) groups is 2. The van der Waals surface area contributed by atoms with E-state index in [9.17, 15) is 9.59 Å². The van der Waals surface area contributed by atoms with Crippen molar-refractivity contribution in [2.75, 3.05) is 13.1 Å². The highest BCUT2D eigenvalue weighted by molar-refractivity contribution is 7.09. The number of fused-ring (bicyclic) bond motifs is 3. The summed E-state index contributed by atoms with van der Waals surface area (Å²) in [5.74, 6) is -0.302. The third-order valence-corrected chi connectivity index (χ3v) is 6.36. The molecule has 2 aliphatic rings. The van der Waals surface area contributed by atoms with E-state index in [0.29, 0.717) is 34.9 Å². The molecule has 2 amide bonds. The van der Waals surface area contributed by atoms with Crippen LogP contribution in [0.5, 0.6) is 0 Å². The normalized spacial score (nSPS) is 20.4. The third-order valence-electron chi connectivity index (χ3n) is 5.33. The Balaban J connectivity index is 1.76. The SMILES string of the molecule is Cc1nc(C(=O)N2CCN3C(=O)c4ccncc4C23c2ccc(Cl)cc2)cs1. The Morgan fingerprint density at radius 3 is 2.71 bits per heavy atom.